The summed E-state index contributed by atoms with van der Waals surface area (Å²) >= 11 is 0. The molecule has 0 saturated carbocycles. The van der Waals surface area contributed by atoms with Crippen molar-refractivity contribution in [1.82, 2.24) is 5.32 Å². The van der Waals surface area contributed by atoms with Crippen molar-refractivity contribution < 1.29 is 14.7 Å². The Morgan fingerprint density at radius 1 is 1.37 bits per heavy atom. The van der Waals surface area contributed by atoms with E-state index in [0.29, 0.717) is 17.3 Å². The van der Waals surface area contributed by atoms with Crippen LogP contribution >= 0.6 is 0 Å². The lowest BCUT2D eigenvalue weighted by molar-refractivity contribution is -0.136. The molecule has 19 heavy (non-hydrogen) atoms. The van der Waals surface area contributed by atoms with Crippen LogP contribution in [0.25, 0.3) is 0 Å². The minimum absolute atomic E-state index is 0.0468. The van der Waals surface area contributed by atoms with Gasteiger partial charge in [-0.15, -0.1) is 0 Å². The SMILES string of the molecule is CCC(C)NCC(=O)Nc1cccc(CC(=O)O)c1. The quantitative estimate of drug-likeness (QED) is 0.699. The fourth-order valence-electron chi connectivity index (χ4n) is 1.55. The Labute approximate surface area is 113 Å². The Kier molecular flexibility index (Phi) is 6.02. The van der Waals surface area contributed by atoms with Gasteiger partial charge in [0.25, 0.3) is 0 Å². The summed E-state index contributed by atoms with van der Waals surface area (Å²) in [6, 6.07) is 7.17. The van der Waals surface area contributed by atoms with Crippen molar-refractivity contribution in [3.05, 3.63) is 29.8 Å². The zero-order chi connectivity index (χ0) is 14.3. The molecule has 1 amide bonds. The van der Waals surface area contributed by atoms with Crippen LogP contribution in [-0.2, 0) is 16.0 Å². The largest absolute Gasteiger partial charge is 0.481 e. The van der Waals surface area contributed by atoms with E-state index in [-0.39, 0.29) is 18.9 Å². The molecule has 0 aliphatic heterocycles. The van der Waals surface area contributed by atoms with E-state index >= 15 is 0 Å². The number of carboxylic acids is 1. The third kappa shape index (κ3) is 6.01. The number of rotatable bonds is 7. The number of amides is 1. The van der Waals surface area contributed by atoms with Crippen LogP contribution in [-0.4, -0.2) is 29.6 Å². The van der Waals surface area contributed by atoms with Crippen LogP contribution in [0.2, 0.25) is 0 Å². The molecule has 0 bridgehead atoms. The van der Waals surface area contributed by atoms with Gasteiger partial charge in [0.15, 0.2) is 0 Å². The molecule has 0 aliphatic carbocycles. The van der Waals surface area contributed by atoms with E-state index in [0.717, 1.165) is 6.42 Å². The van der Waals surface area contributed by atoms with Crippen molar-refractivity contribution >= 4 is 17.6 Å². The predicted octanol–water partition coefficient (Wildman–Crippen LogP) is 1.64. The highest BCUT2D eigenvalue weighted by molar-refractivity contribution is 5.92. The maximum absolute atomic E-state index is 11.7. The Hall–Kier alpha value is -1.88. The molecule has 5 heteroatoms. The lowest BCUT2D eigenvalue weighted by Crippen LogP contribution is -2.33. The molecular formula is C14H20N2O3. The lowest BCUT2D eigenvalue weighted by atomic mass is 10.1. The van der Waals surface area contributed by atoms with Gasteiger partial charge in [0.2, 0.25) is 5.91 Å². The normalized spacial score (nSPS) is 11.9. The van der Waals surface area contributed by atoms with Gasteiger partial charge in [0, 0.05) is 11.7 Å². The van der Waals surface area contributed by atoms with Crippen molar-refractivity contribution in [2.45, 2.75) is 32.7 Å². The lowest BCUT2D eigenvalue weighted by Gasteiger charge is -2.11. The fourth-order valence-corrected chi connectivity index (χ4v) is 1.55. The molecule has 0 spiro atoms. The van der Waals surface area contributed by atoms with E-state index in [1.807, 2.05) is 13.8 Å². The highest BCUT2D eigenvalue weighted by atomic mass is 16.4. The van der Waals surface area contributed by atoms with Crippen LogP contribution in [0.4, 0.5) is 5.69 Å². The molecule has 1 atom stereocenters. The first kappa shape index (κ1) is 15.2. The molecular weight excluding hydrogens is 244 g/mol. The number of hydrogen-bond acceptors (Lipinski definition) is 3. The molecule has 104 valence electrons. The van der Waals surface area contributed by atoms with Gasteiger partial charge in [0.05, 0.1) is 13.0 Å². The highest BCUT2D eigenvalue weighted by Crippen LogP contribution is 2.11. The third-order valence-electron chi connectivity index (χ3n) is 2.79. The standard InChI is InChI=1S/C14H20N2O3/c1-3-10(2)15-9-13(17)16-12-6-4-5-11(7-12)8-14(18)19/h4-7,10,15H,3,8-9H2,1-2H3,(H,16,17)(H,18,19). The van der Waals surface area contributed by atoms with Gasteiger partial charge in [-0.3, -0.25) is 9.59 Å². The summed E-state index contributed by atoms with van der Waals surface area (Å²) in [7, 11) is 0. The Balaban J connectivity index is 2.52. The number of aliphatic carboxylic acids is 1. The molecule has 5 nitrogen and oxygen atoms in total. The Morgan fingerprint density at radius 3 is 2.74 bits per heavy atom. The minimum Gasteiger partial charge on any atom is -0.481 e. The van der Waals surface area contributed by atoms with Gasteiger partial charge < -0.3 is 15.7 Å². The first-order chi connectivity index (χ1) is 9.01. The smallest absolute Gasteiger partial charge is 0.307 e. The molecule has 3 N–H and O–H groups in total. The topological polar surface area (TPSA) is 78.4 Å². The van der Waals surface area contributed by atoms with Crippen LogP contribution in [0.1, 0.15) is 25.8 Å². The first-order valence-electron chi connectivity index (χ1n) is 6.35. The maximum atomic E-state index is 11.7. The Bertz CT molecular complexity index is 446. The molecule has 0 fully saturated rings. The summed E-state index contributed by atoms with van der Waals surface area (Å²) in [5.41, 5.74) is 1.29. The summed E-state index contributed by atoms with van der Waals surface area (Å²) in [6.07, 6.45) is 0.913. The molecule has 0 aromatic heterocycles. The number of hydrogen-bond donors (Lipinski definition) is 3. The van der Waals surface area contributed by atoms with E-state index in [2.05, 4.69) is 10.6 Å². The monoisotopic (exact) mass is 264 g/mol. The summed E-state index contributed by atoms with van der Waals surface area (Å²) in [4.78, 5) is 22.3. The van der Waals surface area contributed by atoms with E-state index in [4.69, 9.17) is 5.11 Å². The number of benzene rings is 1. The zero-order valence-corrected chi connectivity index (χ0v) is 11.3. The highest BCUT2D eigenvalue weighted by Gasteiger charge is 2.06. The molecule has 1 aromatic carbocycles. The molecule has 0 radical (unpaired) electrons. The predicted molar refractivity (Wildman–Crippen MR) is 74.2 cm³/mol. The molecule has 1 rings (SSSR count). The maximum Gasteiger partial charge on any atom is 0.307 e. The molecule has 0 saturated heterocycles. The van der Waals surface area contributed by atoms with Gasteiger partial charge >= 0.3 is 5.97 Å². The first-order valence-corrected chi connectivity index (χ1v) is 6.35. The molecule has 0 heterocycles. The Morgan fingerprint density at radius 2 is 2.11 bits per heavy atom. The fraction of sp³-hybridized carbons (Fsp3) is 0.429. The van der Waals surface area contributed by atoms with E-state index in [9.17, 15) is 9.59 Å². The summed E-state index contributed by atoms with van der Waals surface area (Å²) in [5.74, 6) is -1.02. The summed E-state index contributed by atoms with van der Waals surface area (Å²) in [6.45, 7) is 4.31. The van der Waals surface area contributed by atoms with E-state index < -0.39 is 5.97 Å². The average molecular weight is 264 g/mol. The van der Waals surface area contributed by atoms with Crippen LogP contribution in [0.3, 0.4) is 0 Å². The van der Waals surface area contributed by atoms with Crippen LogP contribution in [0, 0.1) is 0 Å². The zero-order valence-electron chi connectivity index (χ0n) is 11.3. The van der Waals surface area contributed by atoms with Crippen LogP contribution < -0.4 is 10.6 Å². The van der Waals surface area contributed by atoms with Gasteiger partial charge in [-0.25, -0.2) is 0 Å². The van der Waals surface area contributed by atoms with Gasteiger partial charge in [-0.05, 0) is 31.0 Å². The second-order valence-corrected chi connectivity index (χ2v) is 4.51. The van der Waals surface area contributed by atoms with E-state index in [1.165, 1.54) is 0 Å². The van der Waals surface area contributed by atoms with E-state index in [1.54, 1.807) is 24.3 Å². The second-order valence-electron chi connectivity index (χ2n) is 4.51. The molecule has 1 unspecified atom stereocenters. The van der Waals surface area contributed by atoms with Gasteiger partial charge in [-0.1, -0.05) is 19.1 Å². The number of carboxylic acid groups (broad SMARTS) is 1. The number of carbonyl (C=O) groups is 2. The van der Waals surface area contributed by atoms with Crippen molar-refractivity contribution in [3.8, 4) is 0 Å². The molecule has 1 aromatic rings. The minimum atomic E-state index is -0.887. The van der Waals surface area contributed by atoms with Crippen molar-refractivity contribution in [3.63, 3.8) is 0 Å². The van der Waals surface area contributed by atoms with Crippen molar-refractivity contribution in [2.75, 3.05) is 11.9 Å². The average Bonchev–Trinajstić information content (AvgIpc) is 2.35. The van der Waals surface area contributed by atoms with Crippen LogP contribution in [0.5, 0.6) is 0 Å². The third-order valence-corrected chi connectivity index (χ3v) is 2.79. The number of carbonyl (C=O) groups excluding carboxylic acids is 1. The van der Waals surface area contributed by atoms with Gasteiger partial charge in [-0.2, -0.15) is 0 Å². The van der Waals surface area contributed by atoms with Crippen molar-refractivity contribution in [1.29, 1.82) is 0 Å². The van der Waals surface area contributed by atoms with Crippen molar-refractivity contribution in [2.24, 2.45) is 0 Å². The second kappa shape index (κ2) is 7.53. The summed E-state index contributed by atoms with van der Waals surface area (Å²) < 4.78 is 0. The molecule has 0 aliphatic rings. The number of anilines is 1. The summed E-state index contributed by atoms with van der Waals surface area (Å²) in [5, 5.41) is 14.5. The van der Waals surface area contributed by atoms with Gasteiger partial charge in [0.1, 0.15) is 0 Å². The number of nitrogens with one attached hydrogen (secondary N) is 2. The van der Waals surface area contributed by atoms with Crippen LogP contribution in [0.15, 0.2) is 24.3 Å².